The summed E-state index contributed by atoms with van der Waals surface area (Å²) in [4.78, 5) is 14.7. The number of hydrogen-bond acceptors (Lipinski definition) is 2. The molecule has 1 aliphatic heterocycles. The standard InChI is InChI=1S/C19H27NO2/c21-14-15-6-3-4-11-20(13-15)19(22)12-17-9-5-8-16-7-1-2-10-18(16)17/h1-2,7,10,15,17,21H,3-6,8-9,11-14H2/t15-,17-/m1/s1. The second kappa shape index (κ2) is 7.28. The first-order chi connectivity index (χ1) is 10.8. The molecule has 0 unspecified atom stereocenters. The summed E-state index contributed by atoms with van der Waals surface area (Å²) in [6.45, 7) is 1.81. The molecule has 2 atom stereocenters. The number of rotatable bonds is 3. The van der Waals surface area contributed by atoms with Crippen molar-refractivity contribution in [1.82, 2.24) is 4.90 Å². The van der Waals surface area contributed by atoms with Crippen molar-refractivity contribution in [2.45, 2.75) is 50.9 Å². The second-order valence-electron chi connectivity index (χ2n) is 6.88. The highest BCUT2D eigenvalue weighted by Gasteiger charge is 2.26. The Morgan fingerprint density at radius 2 is 2.05 bits per heavy atom. The Morgan fingerprint density at radius 1 is 1.18 bits per heavy atom. The van der Waals surface area contributed by atoms with E-state index in [4.69, 9.17) is 0 Å². The van der Waals surface area contributed by atoms with E-state index in [1.165, 1.54) is 17.5 Å². The van der Waals surface area contributed by atoms with Crippen LogP contribution < -0.4 is 0 Å². The second-order valence-corrected chi connectivity index (χ2v) is 6.88. The van der Waals surface area contributed by atoms with E-state index < -0.39 is 0 Å². The number of aryl methyl sites for hydroxylation is 1. The van der Waals surface area contributed by atoms with Gasteiger partial charge in [-0.15, -0.1) is 0 Å². The molecule has 1 aliphatic carbocycles. The molecule has 3 heteroatoms. The van der Waals surface area contributed by atoms with Gasteiger partial charge >= 0.3 is 0 Å². The summed E-state index contributed by atoms with van der Waals surface area (Å²) in [7, 11) is 0. The van der Waals surface area contributed by atoms with E-state index in [-0.39, 0.29) is 18.4 Å². The summed E-state index contributed by atoms with van der Waals surface area (Å²) in [5.74, 6) is 0.931. The van der Waals surface area contributed by atoms with Crippen molar-refractivity contribution >= 4 is 5.91 Å². The minimum absolute atomic E-state index is 0.204. The van der Waals surface area contributed by atoms with Crippen LogP contribution in [0.3, 0.4) is 0 Å². The van der Waals surface area contributed by atoms with Crippen molar-refractivity contribution in [3.05, 3.63) is 35.4 Å². The molecule has 1 N–H and O–H groups in total. The van der Waals surface area contributed by atoms with Gasteiger partial charge in [0, 0.05) is 26.1 Å². The zero-order valence-electron chi connectivity index (χ0n) is 13.3. The average molecular weight is 301 g/mol. The lowest BCUT2D eigenvalue weighted by atomic mass is 9.81. The Hall–Kier alpha value is -1.35. The zero-order chi connectivity index (χ0) is 15.4. The summed E-state index contributed by atoms with van der Waals surface area (Å²) in [6, 6.07) is 8.60. The number of aliphatic hydroxyl groups is 1. The summed E-state index contributed by atoms with van der Waals surface area (Å²) in [5, 5.41) is 9.43. The van der Waals surface area contributed by atoms with Crippen molar-refractivity contribution in [3.63, 3.8) is 0 Å². The van der Waals surface area contributed by atoms with E-state index >= 15 is 0 Å². The number of benzene rings is 1. The number of carbonyl (C=O) groups excluding carboxylic acids is 1. The van der Waals surface area contributed by atoms with Crippen molar-refractivity contribution < 1.29 is 9.90 Å². The van der Waals surface area contributed by atoms with Gasteiger partial charge in [-0.3, -0.25) is 4.79 Å². The van der Waals surface area contributed by atoms with E-state index in [0.717, 1.165) is 45.2 Å². The first kappa shape index (κ1) is 15.5. The van der Waals surface area contributed by atoms with Crippen LogP contribution in [-0.4, -0.2) is 35.6 Å². The summed E-state index contributed by atoms with van der Waals surface area (Å²) in [5.41, 5.74) is 2.81. The first-order valence-electron chi connectivity index (χ1n) is 8.74. The maximum absolute atomic E-state index is 12.7. The predicted molar refractivity (Wildman–Crippen MR) is 87.7 cm³/mol. The highest BCUT2D eigenvalue weighted by molar-refractivity contribution is 5.77. The number of carbonyl (C=O) groups is 1. The first-order valence-corrected chi connectivity index (χ1v) is 8.74. The minimum Gasteiger partial charge on any atom is -0.396 e. The SMILES string of the molecule is O=C(C[C@H]1CCCc2ccccc21)N1CCCC[C@@H](CO)C1. The molecule has 1 amide bonds. The smallest absolute Gasteiger partial charge is 0.223 e. The topological polar surface area (TPSA) is 40.5 Å². The zero-order valence-corrected chi connectivity index (χ0v) is 13.3. The van der Waals surface area contributed by atoms with Gasteiger partial charge in [-0.2, -0.15) is 0 Å². The molecule has 0 spiro atoms. The molecule has 0 aromatic heterocycles. The lowest BCUT2D eigenvalue weighted by Gasteiger charge is -2.29. The number of nitrogens with zero attached hydrogens (tertiary/aromatic N) is 1. The molecule has 1 fully saturated rings. The van der Waals surface area contributed by atoms with Crippen LogP contribution in [0.25, 0.3) is 0 Å². The van der Waals surface area contributed by atoms with Gasteiger partial charge in [0.05, 0.1) is 0 Å². The Bertz CT molecular complexity index is 514. The molecule has 0 radical (unpaired) electrons. The normalized spacial score (nSPS) is 25.4. The van der Waals surface area contributed by atoms with Gasteiger partial charge in [-0.1, -0.05) is 30.7 Å². The third-order valence-corrected chi connectivity index (χ3v) is 5.29. The van der Waals surface area contributed by atoms with E-state index in [2.05, 4.69) is 24.3 Å². The lowest BCUT2D eigenvalue weighted by molar-refractivity contribution is -0.132. The third-order valence-electron chi connectivity index (χ3n) is 5.29. The van der Waals surface area contributed by atoms with Crippen molar-refractivity contribution in [1.29, 1.82) is 0 Å². The van der Waals surface area contributed by atoms with Crippen molar-refractivity contribution in [3.8, 4) is 0 Å². The van der Waals surface area contributed by atoms with Crippen molar-refractivity contribution in [2.24, 2.45) is 5.92 Å². The van der Waals surface area contributed by atoms with Gasteiger partial charge in [0.1, 0.15) is 0 Å². The Labute approximate surface area is 133 Å². The predicted octanol–water partition coefficient (Wildman–Crippen LogP) is 3.12. The number of hydrogen-bond donors (Lipinski definition) is 1. The molecule has 1 heterocycles. The molecule has 1 saturated heterocycles. The summed E-state index contributed by atoms with van der Waals surface area (Å²) < 4.78 is 0. The maximum atomic E-state index is 12.7. The molecule has 0 bridgehead atoms. The van der Waals surface area contributed by atoms with Crippen LogP contribution in [0.5, 0.6) is 0 Å². The van der Waals surface area contributed by atoms with Crippen LogP contribution >= 0.6 is 0 Å². The number of aliphatic hydroxyl groups excluding tert-OH is 1. The van der Waals surface area contributed by atoms with Gasteiger partial charge in [-0.05, 0) is 55.1 Å². The monoisotopic (exact) mass is 301 g/mol. The molecule has 3 rings (SSSR count). The fraction of sp³-hybridized carbons (Fsp3) is 0.632. The molecular weight excluding hydrogens is 274 g/mol. The molecule has 3 nitrogen and oxygen atoms in total. The highest BCUT2D eigenvalue weighted by atomic mass is 16.3. The average Bonchev–Trinajstić information content (AvgIpc) is 2.81. The lowest BCUT2D eigenvalue weighted by Crippen LogP contribution is -2.36. The van der Waals surface area contributed by atoms with Crippen LogP contribution in [0.4, 0.5) is 0 Å². The summed E-state index contributed by atoms with van der Waals surface area (Å²) in [6.07, 6.45) is 7.35. The maximum Gasteiger partial charge on any atom is 0.223 e. The highest BCUT2D eigenvalue weighted by Crippen LogP contribution is 2.34. The number of fused-ring (bicyclic) bond motifs is 1. The Morgan fingerprint density at radius 3 is 2.91 bits per heavy atom. The molecule has 1 aromatic rings. The molecule has 120 valence electrons. The van der Waals surface area contributed by atoms with Gasteiger partial charge < -0.3 is 10.0 Å². The van der Waals surface area contributed by atoms with Crippen LogP contribution in [0, 0.1) is 5.92 Å². The largest absolute Gasteiger partial charge is 0.396 e. The quantitative estimate of drug-likeness (QED) is 0.932. The number of amides is 1. The van der Waals surface area contributed by atoms with Gasteiger partial charge in [0.25, 0.3) is 0 Å². The van der Waals surface area contributed by atoms with E-state index in [1.54, 1.807) is 0 Å². The van der Waals surface area contributed by atoms with Crippen LogP contribution in [0.15, 0.2) is 24.3 Å². The van der Waals surface area contributed by atoms with E-state index in [9.17, 15) is 9.90 Å². The van der Waals surface area contributed by atoms with Crippen LogP contribution in [0.2, 0.25) is 0 Å². The fourth-order valence-electron chi connectivity index (χ4n) is 4.01. The van der Waals surface area contributed by atoms with Crippen LogP contribution in [0.1, 0.15) is 55.6 Å². The van der Waals surface area contributed by atoms with E-state index in [0.29, 0.717) is 12.3 Å². The Kier molecular flexibility index (Phi) is 5.14. The molecule has 22 heavy (non-hydrogen) atoms. The molecular formula is C19H27NO2. The van der Waals surface area contributed by atoms with Crippen LogP contribution in [-0.2, 0) is 11.2 Å². The van der Waals surface area contributed by atoms with E-state index in [1.807, 2.05) is 4.90 Å². The van der Waals surface area contributed by atoms with Gasteiger partial charge in [0.15, 0.2) is 0 Å². The Balaban J connectivity index is 1.67. The minimum atomic E-state index is 0.204. The third kappa shape index (κ3) is 3.52. The molecule has 0 saturated carbocycles. The molecule has 2 aliphatic rings. The fourth-order valence-corrected chi connectivity index (χ4v) is 4.01. The summed E-state index contributed by atoms with van der Waals surface area (Å²) >= 11 is 0. The van der Waals surface area contributed by atoms with Crippen molar-refractivity contribution in [2.75, 3.05) is 19.7 Å². The van der Waals surface area contributed by atoms with Gasteiger partial charge in [-0.25, -0.2) is 0 Å². The molecule has 1 aromatic carbocycles. The van der Waals surface area contributed by atoms with Gasteiger partial charge in [0.2, 0.25) is 5.91 Å². The number of likely N-dealkylation sites (tertiary alicyclic amines) is 1.